The Morgan fingerprint density at radius 2 is 1.81 bits per heavy atom. The van der Waals surface area contributed by atoms with E-state index < -0.39 is 0 Å². The molecule has 2 heterocycles. The molecule has 1 aliphatic heterocycles. The summed E-state index contributed by atoms with van der Waals surface area (Å²) < 4.78 is 5.95. The van der Waals surface area contributed by atoms with Crippen LogP contribution in [0, 0.1) is 5.92 Å². The zero-order chi connectivity index (χ0) is 22.2. The lowest BCUT2D eigenvalue weighted by Crippen LogP contribution is -2.51. The summed E-state index contributed by atoms with van der Waals surface area (Å²) in [5, 5.41) is 2.73. The number of carbonyl (C=O) groups is 2. The molecule has 32 heavy (non-hydrogen) atoms. The van der Waals surface area contributed by atoms with Crippen LogP contribution >= 0.6 is 0 Å². The van der Waals surface area contributed by atoms with Gasteiger partial charge in [0.1, 0.15) is 5.75 Å². The molecule has 1 aliphatic carbocycles. The van der Waals surface area contributed by atoms with E-state index in [2.05, 4.69) is 15.3 Å². The van der Waals surface area contributed by atoms with Gasteiger partial charge in [0, 0.05) is 44.1 Å². The molecule has 0 atom stereocenters. The average Bonchev–Trinajstić information content (AvgIpc) is 2.85. The summed E-state index contributed by atoms with van der Waals surface area (Å²) in [7, 11) is 0. The standard InChI is InChI=1S/C24H31N5O3/c30-23(20-7-4-8-21(17-20)32-16-9-19-5-2-1-3-6-19)28-12-14-29(15-13-28)24(31)27-22-18-25-10-11-26-22/h4,7-8,10-11,17-19H,1-3,5-6,9,12-16H2,(H,26,27,31). The van der Waals surface area contributed by atoms with Gasteiger partial charge in [-0.1, -0.05) is 38.2 Å². The molecule has 3 amide bonds. The first-order valence-electron chi connectivity index (χ1n) is 11.5. The van der Waals surface area contributed by atoms with Crippen LogP contribution in [0.3, 0.4) is 0 Å². The van der Waals surface area contributed by atoms with Crippen LogP contribution in [0.2, 0.25) is 0 Å². The van der Waals surface area contributed by atoms with Crippen LogP contribution in [0.5, 0.6) is 5.75 Å². The minimum absolute atomic E-state index is 0.0308. The van der Waals surface area contributed by atoms with Gasteiger partial charge in [-0.25, -0.2) is 9.78 Å². The van der Waals surface area contributed by atoms with Gasteiger partial charge in [0.2, 0.25) is 0 Å². The molecule has 8 heteroatoms. The van der Waals surface area contributed by atoms with E-state index >= 15 is 0 Å². The molecule has 2 aromatic rings. The molecular formula is C24H31N5O3. The number of carbonyl (C=O) groups excluding carboxylic acids is 2. The molecule has 0 radical (unpaired) electrons. The monoisotopic (exact) mass is 437 g/mol. The Labute approximate surface area is 189 Å². The normalized spacial score (nSPS) is 17.1. The molecule has 2 aliphatic rings. The third-order valence-electron chi connectivity index (χ3n) is 6.25. The van der Waals surface area contributed by atoms with Gasteiger partial charge in [-0.15, -0.1) is 0 Å². The van der Waals surface area contributed by atoms with Gasteiger partial charge in [-0.2, -0.15) is 0 Å². The molecule has 1 aromatic carbocycles. The van der Waals surface area contributed by atoms with Crippen LogP contribution in [-0.2, 0) is 0 Å². The van der Waals surface area contributed by atoms with E-state index in [0.29, 0.717) is 44.2 Å². The molecule has 0 unspecified atom stereocenters. The Hall–Kier alpha value is -3.16. The lowest BCUT2D eigenvalue weighted by atomic mass is 9.87. The topological polar surface area (TPSA) is 87.7 Å². The lowest BCUT2D eigenvalue weighted by molar-refractivity contribution is 0.0671. The van der Waals surface area contributed by atoms with Crippen LogP contribution in [0.25, 0.3) is 0 Å². The quantitative estimate of drug-likeness (QED) is 0.742. The number of aromatic nitrogens is 2. The van der Waals surface area contributed by atoms with Crippen molar-refractivity contribution >= 4 is 17.8 Å². The van der Waals surface area contributed by atoms with Crippen LogP contribution < -0.4 is 10.1 Å². The Morgan fingerprint density at radius 1 is 1.03 bits per heavy atom. The van der Waals surface area contributed by atoms with Crippen LogP contribution in [0.4, 0.5) is 10.6 Å². The van der Waals surface area contributed by atoms with Gasteiger partial charge >= 0.3 is 6.03 Å². The Bertz CT molecular complexity index is 894. The molecular weight excluding hydrogens is 406 g/mol. The fourth-order valence-corrected chi connectivity index (χ4v) is 4.39. The summed E-state index contributed by atoms with van der Waals surface area (Å²) >= 11 is 0. The summed E-state index contributed by atoms with van der Waals surface area (Å²) in [4.78, 5) is 36.8. The Kier molecular flexibility index (Phi) is 7.53. The molecule has 2 fully saturated rings. The van der Waals surface area contributed by atoms with Gasteiger partial charge in [0.15, 0.2) is 5.82 Å². The summed E-state index contributed by atoms with van der Waals surface area (Å²) in [6.45, 7) is 2.60. The second kappa shape index (κ2) is 10.9. The number of ether oxygens (including phenoxy) is 1. The van der Waals surface area contributed by atoms with Crippen molar-refractivity contribution in [2.75, 3.05) is 38.1 Å². The number of anilines is 1. The highest BCUT2D eigenvalue weighted by Crippen LogP contribution is 2.26. The molecule has 1 saturated carbocycles. The molecule has 1 aromatic heterocycles. The summed E-state index contributed by atoms with van der Waals surface area (Å²) in [5.41, 5.74) is 0.623. The number of nitrogens with one attached hydrogen (secondary N) is 1. The maximum absolute atomic E-state index is 13.0. The van der Waals surface area contributed by atoms with Crippen molar-refractivity contribution in [3.05, 3.63) is 48.4 Å². The lowest BCUT2D eigenvalue weighted by Gasteiger charge is -2.34. The van der Waals surface area contributed by atoms with Crippen molar-refractivity contribution in [3.8, 4) is 5.75 Å². The zero-order valence-electron chi connectivity index (χ0n) is 18.4. The largest absolute Gasteiger partial charge is 0.494 e. The van der Waals surface area contributed by atoms with E-state index in [0.717, 1.165) is 18.1 Å². The second-order valence-electron chi connectivity index (χ2n) is 8.47. The summed E-state index contributed by atoms with van der Waals surface area (Å²) in [6.07, 6.45) is 12.3. The number of urea groups is 1. The first kappa shape index (κ1) is 22.0. The molecule has 4 rings (SSSR count). The predicted octanol–water partition coefficient (Wildman–Crippen LogP) is 3.82. The van der Waals surface area contributed by atoms with Gasteiger partial charge in [0.05, 0.1) is 12.8 Å². The Balaban J connectivity index is 1.24. The van der Waals surface area contributed by atoms with Crippen molar-refractivity contribution in [1.82, 2.24) is 19.8 Å². The van der Waals surface area contributed by atoms with Gasteiger partial charge in [0.25, 0.3) is 5.91 Å². The number of hydrogen-bond acceptors (Lipinski definition) is 5. The number of hydrogen-bond donors (Lipinski definition) is 1. The average molecular weight is 438 g/mol. The number of piperazine rings is 1. The second-order valence-corrected chi connectivity index (χ2v) is 8.47. The van der Waals surface area contributed by atoms with Gasteiger partial charge in [-0.05, 0) is 30.5 Å². The molecule has 8 nitrogen and oxygen atoms in total. The van der Waals surface area contributed by atoms with E-state index in [1.807, 2.05) is 24.3 Å². The van der Waals surface area contributed by atoms with E-state index in [1.165, 1.54) is 44.5 Å². The first-order chi connectivity index (χ1) is 15.7. The van der Waals surface area contributed by atoms with Crippen molar-refractivity contribution in [2.45, 2.75) is 38.5 Å². The van der Waals surface area contributed by atoms with Crippen molar-refractivity contribution in [1.29, 1.82) is 0 Å². The highest BCUT2D eigenvalue weighted by atomic mass is 16.5. The Morgan fingerprint density at radius 3 is 2.56 bits per heavy atom. The van der Waals surface area contributed by atoms with E-state index in [-0.39, 0.29) is 11.9 Å². The number of rotatable bonds is 6. The molecule has 1 saturated heterocycles. The first-order valence-corrected chi connectivity index (χ1v) is 11.5. The summed E-state index contributed by atoms with van der Waals surface area (Å²) in [5.74, 6) is 1.90. The fraction of sp³-hybridized carbons (Fsp3) is 0.500. The van der Waals surface area contributed by atoms with Gasteiger partial charge in [-0.3, -0.25) is 15.1 Å². The maximum atomic E-state index is 13.0. The minimum atomic E-state index is -0.231. The highest BCUT2D eigenvalue weighted by Gasteiger charge is 2.25. The van der Waals surface area contributed by atoms with Crippen molar-refractivity contribution < 1.29 is 14.3 Å². The number of nitrogens with zero attached hydrogens (tertiary/aromatic N) is 4. The van der Waals surface area contributed by atoms with Crippen LogP contribution in [0.15, 0.2) is 42.9 Å². The SMILES string of the molecule is O=C(Nc1cnccn1)N1CCN(C(=O)c2cccc(OCCC3CCCCC3)c2)CC1. The third-order valence-corrected chi connectivity index (χ3v) is 6.25. The van der Waals surface area contributed by atoms with E-state index in [4.69, 9.17) is 4.74 Å². The number of amides is 3. The minimum Gasteiger partial charge on any atom is -0.494 e. The maximum Gasteiger partial charge on any atom is 0.323 e. The smallest absolute Gasteiger partial charge is 0.323 e. The van der Waals surface area contributed by atoms with Crippen molar-refractivity contribution in [2.24, 2.45) is 5.92 Å². The highest BCUT2D eigenvalue weighted by molar-refractivity contribution is 5.95. The summed E-state index contributed by atoms with van der Waals surface area (Å²) in [6, 6.07) is 7.20. The van der Waals surface area contributed by atoms with Crippen molar-refractivity contribution in [3.63, 3.8) is 0 Å². The fourth-order valence-electron chi connectivity index (χ4n) is 4.39. The van der Waals surface area contributed by atoms with Crippen LogP contribution in [-0.4, -0.2) is 64.5 Å². The molecule has 170 valence electrons. The van der Waals surface area contributed by atoms with Gasteiger partial charge < -0.3 is 14.5 Å². The molecule has 1 N–H and O–H groups in total. The van der Waals surface area contributed by atoms with Crippen LogP contribution in [0.1, 0.15) is 48.9 Å². The molecule has 0 spiro atoms. The number of benzene rings is 1. The zero-order valence-corrected chi connectivity index (χ0v) is 18.4. The van der Waals surface area contributed by atoms with E-state index in [1.54, 1.807) is 16.0 Å². The predicted molar refractivity (Wildman–Crippen MR) is 122 cm³/mol. The third kappa shape index (κ3) is 5.96. The van der Waals surface area contributed by atoms with E-state index in [9.17, 15) is 9.59 Å². The molecule has 0 bridgehead atoms.